The second-order valence-electron chi connectivity index (χ2n) is 6.63. The minimum Gasteiger partial charge on any atom is -0.396 e. The Morgan fingerprint density at radius 3 is 2.43 bits per heavy atom. The van der Waals surface area contributed by atoms with Gasteiger partial charge in [-0.25, -0.2) is 0 Å². The molecule has 0 saturated carbocycles. The lowest BCUT2D eigenvalue weighted by Crippen LogP contribution is -2.39. The summed E-state index contributed by atoms with van der Waals surface area (Å²) in [6.45, 7) is 9.09. The predicted octanol–water partition coefficient (Wildman–Crippen LogP) is 3.34. The van der Waals surface area contributed by atoms with Crippen molar-refractivity contribution in [3.8, 4) is 0 Å². The molecule has 3 heteroatoms. The van der Waals surface area contributed by atoms with Crippen LogP contribution in [0.3, 0.4) is 0 Å². The van der Waals surface area contributed by atoms with Crippen molar-refractivity contribution in [2.24, 2.45) is 11.3 Å². The molecule has 0 bridgehead atoms. The fraction of sp³-hybridized carbons (Fsp3) is 0.611. The van der Waals surface area contributed by atoms with Crippen molar-refractivity contribution >= 4 is 5.91 Å². The Balaban J connectivity index is 2.78. The van der Waals surface area contributed by atoms with Crippen molar-refractivity contribution in [2.75, 3.05) is 13.2 Å². The van der Waals surface area contributed by atoms with E-state index < -0.39 is 0 Å². The molecule has 0 aliphatic rings. The fourth-order valence-electron chi connectivity index (χ4n) is 2.46. The molecule has 2 N–H and O–H groups in total. The molecule has 0 spiro atoms. The van der Waals surface area contributed by atoms with Gasteiger partial charge in [0.1, 0.15) is 0 Å². The number of hydrogen-bond donors (Lipinski definition) is 2. The van der Waals surface area contributed by atoms with Crippen LogP contribution in [0.2, 0.25) is 0 Å². The number of nitrogens with one attached hydrogen (secondary N) is 1. The van der Waals surface area contributed by atoms with Crippen LogP contribution in [0.4, 0.5) is 0 Å². The summed E-state index contributed by atoms with van der Waals surface area (Å²) in [6.07, 6.45) is 1.65. The molecule has 1 amide bonds. The largest absolute Gasteiger partial charge is 0.396 e. The van der Waals surface area contributed by atoms with E-state index in [0.717, 1.165) is 12.0 Å². The molecule has 0 aliphatic heterocycles. The number of amides is 1. The van der Waals surface area contributed by atoms with E-state index in [-0.39, 0.29) is 23.8 Å². The highest BCUT2D eigenvalue weighted by molar-refractivity contribution is 5.84. The highest BCUT2D eigenvalue weighted by Gasteiger charge is 2.27. The smallest absolute Gasteiger partial charge is 0.227 e. The van der Waals surface area contributed by atoms with Gasteiger partial charge in [0.05, 0.1) is 5.92 Å². The maximum absolute atomic E-state index is 12.6. The molecule has 0 fully saturated rings. The number of benzene rings is 1. The predicted molar refractivity (Wildman–Crippen MR) is 87.1 cm³/mol. The average Bonchev–Trinajstić information content (AvgIpc) is 2.46. The van der Waals surface area contributed by atoms with Crippen molar-refractivity contribution < 1.29 is 9.90 Å². The lowest BCUT2D eigenvalue weighted by molar-refractivity contribution is -0.124. The van der Waals surface area contributed by atoms with Crippen LogP contribution in [0.5, 0.6) is 0 Å². The van der Waals surface area contributed by atoms with Gasteiger partial charge in [0.2, 0.25) is 5.91 Å². The number of hydrogen-bond acceptors (Lipinski definition) is 2. The third-order valence-corrected chi connectivity index (χ3v) is 4.18. The first-order valence-electron chi connectivity index (χ1n) is 7.85. The van der Waals surface area contributed by atoms with Gasteiger partial charge in [0.25, 0.3) is 0 Å². The highest BCUT2D eigenvalue weighted by atomic mass is 16.3. The van der Waals surface area contributed by atoms with Crippen molar-refractivity contribution in [1.29, 1.82) is 0 Å². The standard InChI is InChI=1S/C18H29NO2/c1-5-14(2)16(15-9-7-6-8-10-15)17(21)19-13-18(3,4)11-12-20/h6-10,14,16,20H,5,11-13H2,1-4H3,(H,19,21). The number of carbonyl (C=O) groups is 1. The van der Waals surface area contributed by atoms with Crippen LogP contribution in [0.25, 0.3) is 0 Å². The van der Waals surface area contributed by atoms with E-state index in [1.54, 1.807) is 0 Å². The number of carbonyl (C=O) groups excluding carboxylic acids is 1. The first kappa shape index (κ1) is 17.7. The molecular weight excluding hydrogens is 262 g/mol. The zero-order valence-electron chi connectivity index (χ0n) is 13.7. The van der Waals surface area contributed by atoms with Crippen LogP contribution >= 0.6 is 0 Å². The Hall–Kier alpha value is -1.35. The van der Waals surface area contributed by atoms with Gasteiger partial charge >= 0.3 is 0 Å². The Bertz CT molecular complexity index is 428. The molecule has 1 rings (SSSR count). The Kier molecular flexibility index (Phi) is 6.90. The van der Waals surface area contributed by atoms with Gasteiger partial charge in [0, 0.05) is 13.2 Å². The van der Waals surface area contributed by atoms with Crippen molar-refractivity contribution in [1.82, 2.24) is 5.32 Å². The van der Waals surface area contributed by atoms with Gasteiger partial charge in [-0.05, 0) is 23.3 Å². The zero-order chi connectivity index (χ0) is 15.9. The van der Waals surface area contributed by atoms with Crippen LogP contribution in [0, 0.1) is 11.3 Å². The Morgan fingerprint density at radius 1 is 1.29 bits per heavy atom. The van der Waals surface area contributed by atoms with Crippen LogP contribution in [0.1, 0.15) is 52.0 Å². The maximum Gasteiger partial charge on any atom is 0.227 e. The lowest BCUT2D eigenvalue weighted by atomic mass is 9.84. The van der Waals surface area contributed by atoms with Crippen LogP contribution in [0.15, 0.2) is 30.3 Å². The van der Waals surface area contributed by atoms with Gasteiger partial charge in [-0.1, -0.05) is 64.4 Å². The van der Waals surface area contributed by atoms with Gasteiger partial charge in [-0.2, -0.15) is 0 Å². The quantitative estimate of drug-likeness (QED) is 0.771. The topological polar surface area (TPSA) is 49.3 Å². The molecule has 2 atom stereocenters. The maximum atomic E-state index is 12.6. The van der Waals surface area contributed by atoms with Crippen LogP contribution in [-0.4, -0.2) is 24.2 Å². The summed E-state index contributed by atoms with van der Waals surface area (Å²) in [4.78, 5) is 12.6. The molecule has 1 aromatic rings. The highest BCUT2D eigenvalue weighted by Crippen LogP contribution is 2.27. The summed E-state index contributed by atoms with van der Waals surface area (Å²) in [5.41, 5.74) is 0.991. The second-order valence-corrected chi connectivity index (χ2v) is 6.63. The van der Waals surface area contributed by atoms with E-state index in [2.05, 4.69) is 33.0 Å². The van der Waals surface area contributed by atoms with Crippen LogP contribution < -0.4 is 5.32 Å². The molecular formula is C18H29NO2. The van der Waals surface area contributed by atoms with E-state index >= 15 is 0 Å². The van der Waals surface area contributed by atoms with Gasteiger partial charge in [-0.15, -0.1) is 0 Å². The summed E-state index contributed by atoms with van der Waals surface area (Å²) < 4.78 is 0. The summed E-state index contributed by atoms with van der Waals surface area (Å²) in [6, 6.07) is 9.98. The Morgan fingerprint density at radius 2 is 1.90 bits per heavy atom. The summed E-state index contributed by atoms with van der Waals surface area (Å²) in [7, 11) is 0. The first-order chi connectivity index (χ1) is 9.91. The van der Waals surface area contributed by atoms with Gasteiger partial charge in [0.15, 0.2) is 0 Å². The summed E-state index contributed by atoms with van der Waals surface area (Å²) >= 11 is 0. The van der Waals surface area contributed by atoms with E-state index in [0.29, 0.717) is 18.9 Å². The monoisotopic (exact) mass is 291 g/mol. The fourth-order valence-corrected chi connectivity index (χ4v) is 2.46. The van der Waals surface area contributed by atoms with E-state index in [1.165, 1.54) is 0 Å². The summed E-state index contributed by atoms with van der Waals surface area (Å²) in [5.74, 6) is 0.274. The molecule has 21 heavy (non-hydrogen) atoms. The average molecular weight is 291 g/mol. The second kappa shape index (κ2) is 8.18. The SMILES string of the molecule is CCC(C)C(C(=O)NCC(C)(C)CCO)c1ccccc1. The molecule has 118 valence electrons. The molecule has 2 unspecified atom stereocenters. The first-order valence-corrected chi connectivity index (χ1v) is 7.85. The van der Waals surface area contributed by atoms with Crippen LogP contribution in [-0.2, 0) is 4.79 Å². The van der Waals surface area contributed by atoms with E-state index in [1.807, 2.05) is 30.3 Å². The molecule has 0 saturated heterocycles. The summed E-state index contributed by atoms with van der Waals surface area (Å²) in [5, 5.41) is 12.1. The number of aliphatic hydroxyl groups is 1. The van der Waals surface area contributed by atoms with E-state index in [4.69, 9.17) is 5.11 Å². The zero-order valence-corrected chi connectivity index (χ0v) is 13.7. The van der Waals surface area contributed by atoms with E-state index in [9.17, 15) is 4.79 Å². The molecule has 0 heterocycles. The van der Waals surface area contributed by atoms with Crippen molar-refractivity contribution in [3.63, 3.8) is 0 Å². The molecule has 1 aromatic carbocycles. The third-order valence-electron chi connectivity index (χ3n) is 4.18. The molecule has 0 aliphatic carbocycles. The normalized spacial score (nSPS) is 14.5. The minimum atomic E-state index is -0.110. The molecule has 3 nitrogen and oxygen atoms in total. The lowest BCUT2D eigenvalue weighted by Gasteiger charge is -2.27. The van der Waals surface area contributed by atoms with Crippen molar-refractivity contribution in [2.45, 2.75) is 46.5 Å². The molecule has 0 aromatic heterocycles. The molecule has 0 radical (unpaired) electrons. The van der Waals surface area contributed by atoms with Gasteiger partial charge in [-0.3, -0.25) is 4.79 Å². The Labute approximate surface area is 128 Å². The number of aliphatic hydroxyl groups excluding tert-OH is 1. The third kappa shape index (κ3) is 5.50. The van der Waals surface area contributed by atoms with Gasteiger partial charge < -0.3 is 10.4 Å². The minimum absolute atomic E-state index is 0.0822. The number of rotatable bonds is 8. The van der Waals surface area contributed by atoms with Crippen molar-refractivity contribution in [3.05, 3.63) is 35.9 Å².